The third-order valence-corrected chi connectivity index (χ3v) is 3.03. The van der Waals surface area contributed by atoms with Crippen molar-refractivity contribution in [2.45, 2.75) is 6.92 Å². The highest BCUT2D eigenvalue weighted by Crippen LogP contribution is 2.13. The standard InChI is InChI=1S/C8H10N2O.C7H6ClNO/c1-5-2-3-6(8(10)11)4-7(5)9;8-6-4-2-1-3-5(6)7(9)10/h2-4H,9H2,1H3,(H2,10,11);1-4H,(H2,9,10). The van der Waals surface area contributed by atoms with Gasteiger partial charge in [-0.15, -0.1) is 0 Å². The molecule has 0 aromatic heterocycles. The maximum absolute atomic E-state index is 10.6. The predicted octanol–water partition coefficient (Wildman–Crippen LogP) is 2.12. The lowest BCUT2D eigenvalue weighted by Gasteiger charge is -2.00. The minimum absolute atomic E-state index is 0.365. The summed E-state index contributed by atoms with van der Waals surface area (Å²) in [5.41, 5.74) is 17.9. The summed E-state index contributed by atoms with van der Waals surface area (Å²) >= 11 is 5.62. The first kappa shape index (κ1) is 16.5. The lowest BCUT2D eigenvalue weighted by atomic mass is 10.1. The predicted molar refractivity (Wildman–Crippen MR) is 84.1 cm³/mol. The summed E-state index contributed by atoms with van der Waals surface area (Å²) in [5, 5.41) is 0.398. The number of nitrogens with two attached hydrogens (primary N) is 3. The van der Waals surface area contributed by atoms with Crippen LogP contribution in [0.4, 0.5) is 5.69 Å². The molecule has 2 aromatic carbocycles. The molecule has 110 valence electrons. The first-order valence-electron chi connectivity index (χ1n) is 6.03. The maximum atomic E-state index is 10.6. The molecule has 2 rings (SSSR count). The van der Waals surface area contributed by atoms with E-state index in [0.717, 1.165) is 5.56 Å². The Balaban J connectivity index is 0.000000211. The zero-order valence-corrected chi connectivity index (χ0v) is 12.2. The van der Waals surface area contributed by atoms with Crippen LogP contribution in [0, 0.1) is 6.92 Å². The average molecular weight is 306 g/mol. The molecule has 0 saturated heterocycles. The molecule has 0 unspecified atom stereocenters. The molecule has 0 aliphatic heterocycles. The molecule has 2 aromatic rings. The third-order valence-electron chi connectivity index (χ3n) is 2.70. The molecule has 21 heavy (non-hydrogen) atoms. The number of hydrogen-bond donors (Lipinski definition) is 3. The van der Waals surface area contributed by atoms with E-state index in [1.165, 1.54) is 0 Å². The summed E-state index contributed by atoms with van der Waals surface area (Å²) in [6.45, 7) is 1.88. The van der Waals surface area contributed by atoms with Crippen LogP contribution < -0.4 is 17.2 Å². The number of benzene rings is 2. The number of anilines is 1. The molecule has 0 bridgehead atoms. The van der Waals surface area contributed by atoms with Gasteiger partial charge in [0.25, 0.3) is 0 Å². The monoisotopic (exact) mass is 305 g/mol. The molecule has 0 aliphatic carbocycles. The summed E-state index contributed by atoms with van der Waals surface area (Å²) < 4.78 is 0. The Labute approximate surface area is 127 Å². The fourth-order valence-corrected chi connectivity index (χ4v) is 1.68. The van der Waals surface area contributed by atoms with Gasteiger partial charge in [-0.3, -0.25) is 9.59 Å². The SMILES string of the molecule is Cc1ccc(C(N)=O)cc1N.NC(=O)c1ccccc1Cl. The summed E-state index contributed by atoms with van der Waals surface area (Å²) in [6, 6.07) is 11.7. The van der Waals surface area contributed by atoms with E-state index in [1.54, 1.807) is 42.5 Å². The van der Waals surface area contributed by atoms with Crippen LogP contribution in [0.1, 0.15) is 26.3 Å². The van der Waals surface area contributed by atoms with E-state index in [4.69, 9.17) is 28.8 Å². The van der Waals surface area contributed by atoms with Gasteiger partial charge in [-0.2, -0.15) is 0 Å². The zero-order chi connectivity index (χ0) is 16.0. The van der Waals surface area contributed by atoms with Gasteiger partial charge in [0.15, 0.2) is 0 Å². The molecule has 6 N–H and O–H groups in total. The number of rotatable bonds is 2. The van der Waals surface area contributed by atoms with E-state index in [1.807, 2.05) is 6.92 Å². The molecule has 0 atom stereocenters. The van der Waals surface area contributed by atoms with Gasteiger partial charge in [-0.25, -0.2) is 0 Å². The Bertz CT molecular complexity index is 672. The topological polar surface area (TPSA) is 112 Å². The van der Waals surface area contributed by atoms with Crippen molar-refractivity contribution in [1.82, 2.24) is 0 Å². The summed E-state index contributed by atoms with van der Waals surface area (Å²) in [7, 11) is 0. The smallest absolute Gasteiger partial charge is 0.250 e. The molecule has 0 spiro atoms. The average Bonchev–Trinajstić information content (AvgIpc) is 2.42. The number of nitrogen functional groups attached to an aromatic ring is 1. The van der Waals surface area contributed by atoms with Gasteiger partial charge in [0.2, 0.25) is 11.8 Å². The zero-order valence-electron chi connectivity index (χ0n) is 11.5. The fourth-order valence-electron chi connectivity index (χ4n) is 1.45. The minimum atomic E-state index is -0.495. The van der Waals surface area contributed by atoms with E-state index >= 15 is 0 Å². The quantitative estimate of drug-likeness (QED) is 0.738. The third kappa shape index (κ3) is 4.81. The Morgan fingerprint density at radius 1 is 1.00 bits per heavy atom. The lowest BCUT2D eigenvalue weighted by Crippen LogP contribution is -2.11. The summed E-state index contributed by atoms with van der Waals surface area (Å²) in [6.07, 6.45) is 0. The second-order valence-corrected chi connectivity index (χ2v) is 4.69. The Morgan fingerprint density at radius 2 is 1.62 bits per heavy atom. The van der Waals surface area contributed by atoms with Crippen molar-refractivity contribution in [3.8, 4) is 0 Å². The molecular weight excluding hydrogens is 290 g/mol. The number of hydrogen-bond acceptors (Lipinski definition) is 3. The van der Waals surface area contributed by atoms with Crippen LogP contribution in [0.25, 0.3) is 0 Å². The van der Waals surface area contributed by atoms with E-state index in [9.17, 15) is 9.59 Å². The highest BCUT2D eigenvalue weighted by atomic mass is 35.5. The Morgan fingerprint density at radius 3 is 2.05 bits per heavy atom. The fraction of sp³-hybridized carbons (Fsp3) is 0.0667. The maximum Gasteiger partial charge on any atom is 0.250 e. The molecule has 0 aliphatic rings. The van der Waals surface area contributed by atoms with Crippen LogP contribution in [0.2, 0.25) is 5.02 Å². The number of amides is 2. The van der Waals surface area contributed by atoms with Crippen LogP contribution in [-0.2, 0) is 0 Å². The van der Waals surface area contributed by atoms with E-state index in [0.29, 0.717) is 21.8 Å². The van der Waals surface area contributed by atoms with Crippen LogP contribution in [0.5, 0.6) is 0 Å². The number of carbonyl (C=O) groups excluding carboxylic acids is 2. The summed E-state index contributed by atoms with van der Waals surface area (Å²) in [5.74, 6) is -0.942. The molecule has 6 heteroatoms. The number of primary amides is 2. The van der Waals surface area contributed by atoms with Crippen molar-refractivity contribution >= 4 is 29.1 Å². The molecule has 0 heterocycles. The normalized spacial score (nSPS) is 9.43. The second kappa shape index (κ2) is 7.31. The van der Waals surface area contributed by atoms with Gasteiger partial charge in [0.05, 0.1) is 10.6 Å². The minimum Gasteiger partial charge on any atom is -0.398 e. The number of aryl methyl sites for hydroxylation is 1. The van der Waals surface area contributed by atoms with Crippen molar-refractivity contribution in [3.63, 3.8) is 0 Å². The van der Waals surface area contributed by atoms with Crippen LogP contribution >= 0.6 is 11.6 Å². The number of halogens is 1. The first-order chi connectivity index (χ1) is 9.82. The molecular formula is C15H16ClN3O2. The van der Waals surface area contributed by atoms with E-state index < -0.39 is 11.8 Å². The van der Waals surface area contributed by atoms with Gasteiger partial charge >= 0.3 is 0 Å². The lowest BCUT2D eigenvalue weighted by molar-refractivity contribution is 0.0992. The molecule has 0 fully saturated rings. The van der Waals surface area contributed by atoms with Gasteiger partial charge < -0.3 is 17.2 Å². The summed E-state index contributed by atoms with van der Waals surface area (Å²) in [4.78, 5) is 21.2. The van der Waals surface area contributed by atoms with E-state index in [-0.39, 0.29) is 0 Å². The van der Waals surface area contributed by atoms with Crippen LogP contribution in [0.3, 0.4) is 0 Å². The molecule has 0 saturated carbocycles. The van der Waals surface area contributed by atoms with Gasteiger partial charge in [0.1, 0.15) is 0 Å². The van der Waals surface area contributed by atoms with Crippen molar-refractivity contribution in [1.29, 1.82) is 0 Å². The van der Waals surface area contributed by atoms with Crippen molar-refractivity contribution < 1.29 is 9.59 Å². The molecule has 2 amide bonds. The highest BCUT2D eigenvalue weighted by Gasteiger charge is 2.02. The van der Waals surface area contributed by atoms with Gasteiger partial charge in [0, 0.05) is 11.3 Å². The largest absolute Gasteiger partial charge is 0.398 e. The van der Waals surface area contributed by atoms with Gasteiger partial charge in [-0.05, 0) is 36.8 Å². The second-order valence-electron chi connectivity index (χ2n) is 4.28. The molecule has 5 nitrogen and oxygen atoms in total. The van der Waals surface area contributed by atoms with E-state index in [2.05, 4.69) is 0 Å². The first-order valence-corrected chi connectivity index (χ1v) is 6.41. The van der Waals surface area contributed by atoms with Gasteiger partial charge in [-0.1, -0.05) is 29.8 Å². The Hall–Kier alpha value is -2.53. The van der Waals surface area contributed by atoms with Crippen molar-refractivity contribution in [2.24, 2.45) is 11.5 Å². The Kier molecular flexibility index (Phi) is 5.75. The van der Waals surface area contributed by atoms with Crippen LogP contribution in [0.15, 0.2) is 42.5 Å². The number of carbonyl (C=O) groups is 2. The van der Waals surface area contributed by atoms with Crippen LogP contribution in [-0.4, -0.2) is 11.8 Å². The molecule has 0 radical (unpaired) electrons. The van der Waals surface area contributed by atoms with Crippen molar-refractivity contribution in [3.05, 3.63) is 64.2 Å². The van der Waals surface area contributed by atoms with Crippen molar-refractivity contribution in [2.75, 3.05) is 5.73 Å². The highest BCUT2D eigenvalue weighted by molar-refractivity contribution is 6.33.